The van der Waals surface area contributed by atoms with E-state index in [1.165, 1.54) is 6.26 Å². The molecule has 0 saturated carbocycles. The quantitative estimate of drug-likeness (QED) is 0.382. The minimum absolute atomic E-state index is 0.192. The van der Waals surface area contributed by atoms with Gasteiger partial charge < -0.3 is 9.73 Å². The predicted molar refractivity (Wildman–Crippen MR) is 128 cm³/mol. The summed E-state index contributed by atoms with van der Waals surface area (Å²) < 4.78 is 5.44. The van der Waals surface area contributed by atoms with E-state index in [1.807, 2.05) is 91.9 Å². The number of anilines is 2. The molecule has 1 amide bonds. The number of aryl methyl sites for hydroxylation is 1. The standard InChI is InChI=1S/C28H22N2O3/c1-19-10-8-13-21(18-19)29-25-24(27(31)23-16-9-17-33-23)26(20-11-4-2-5-12-20)30(28(25)32)22-14-6-3-7-15-22/h2-18,26,29H,1H3. The lowest BCUT2D eigenvalue weighted by Gasteiger charge is -2.27. The van der Waals surface area contributed by atoms with Crippen molar-refractivity contribution in [3.63, 3.8) is 0 Å². The highest BCUT2D eigenvalue weighted by atomic mass is 16.3. The number of rotatable bonds is 6. The maximum Gasteiger partial charge on any atom is 0.276 e. The third-order valence-corrected chi connectivity index (χ3v) is 5.66. The maximum absolute atomic E-state index is 13.9. The normalized spacial score (nSPS) is 15.7. The van der Waals surface area contributed by atoms with E-state index in [-0.39, 0.29) is 23.1 Å². The Morgan fingerprint density at radius 1 is 0.879 bits per heavy atom. The third-order valence-electron chi connectivity index (χ3n) is 5.66. The van der Waals surface area contributed by atoms with Gasteiger partial charge in [0.1, 0.15) is 5.70 Å². The number of nitrogens with one attached hydrogen (secondary N) is 1. The maximum atomic E-state index is 13.9. The van der Waals surface area contributed by atoms with Crippen molar-refractivity contribution in [2.24, 2.45) is 0 Å². The SMILES string of the molecule is Cc1cccc(NC2=C(C(=O)c3ccco3)C(c3ccccc3)N(c3ccccc3)C2=O)c1. The van der Waals surface area contributed by atoms with E-state index in [0.29, 0.717) is 11.3 Å². The number of hydrogen-bond donors (Lipinski definition) is 1. The van der Waals surface area contributed by atoms with Crippen LogP contribution in [0.5, 0.6) is 0 Å². The summed E-state index contributed by atoms with van der Waals surface area (Å²) in [6.07, 6.45) is 1.46. The van der Waals surface area contributed by atoms with Gasteiger partial charge in [-0.3, -0.25) is 14.5 Å². The Bertz CT molecular complexity index is 1330. The first kappa shape index (κ1) is 20.5. The zero-order chi connectivity index (χ0) is 22.8. The van der Waals surface area contributed by atoms with Gasteiger partial charge in [-0.25, -0.2) is 0 Å². The second-order valence-electron chi connectivity index (χ2n) is 7.91. The Kier molecular flexibility index (Phi) is 5.37. The Morgan fingerprint density at radius 2 is 1.61 bits per heavy atom. The molecule has 1 N–H and O–H groups in total. The van der Waals surface area contributed by atoms with Gasteiger partial charge in [0, 0.05) is 11.4 Å². The van der Waals surface area contributed by atoms with E-state index in [4.69, 9.17) is 4.42 Å². The lowest BCUT2D eigenvalue weighted by Crippen LogP contribution is -2.31. The number of nitrogens with zero attached hydrogens (tertiary/aromatic N) is 1. The van der Waals surface area contributed by atoms with E-state index in [2.05, 4.69) is 5.32 Å². The molecule has 1 aliphatic heterocycles. The highest BCUT2D eigenvalue weighted by Gasteiger charge is 2.45. The van der Waals surface area contributed by atoms with Crippen LogP contribution in [0.15, 0.2) is 119 Å². The summed E-state index contributed by atoms with van der Waals surface area (Å²) in [6.45, 7) is 1.98. The molecule has 0 aliphatic carbocycles. The van der Waals surface area contributed by atoms with Crippen LogP contribution in [0.4, 0.5) is 11.4 Å². The number of carbonyl (C=O) groups is 2. The first-order valence-electron chi connectivity index (χ1n) is 10.7. The van der Waals surface area contributed by atoms with Gasteiger partial charge in [0.05, 0.1) is 17.9 Å². The number of para-hydroxylation sites is 1. The van der Waals surface area contributed by atoms with Crippen LogP contribution in [0.2, 0.25) is 0 Å². The molecule has 0 spiro atoms. The summed E-state index contributed by atoms with van der Waals surface area (Å²) in [4.78, 5) is 29.3. The van der Waals surface area contributed by atoms with Gasteiger partial charge in [-0.15, -0.1) is 0 Å². The molecule has 4 aromatic rings. The van der Waals surface area contributed by atoms with E-state index >= 15 is 0 Å². The average Bonchev–Trinajstić information content (AvgIpc) is 3.47. The molecule has 2 heterocycles. The summed E-state index contributed by atoms with van der Waals surface area (Å²) in [5, 5.41) is 3.25. The fraction of sp³-hybridized carbons (Fsp3) is 0.0714. The molecule has 0 fully saturated rings. The molecule has 0 radical (unpaired) electrons. The Balaban J connectivity index is 1.72. The van der Waals surface area contributed by atoms with Gasteiger partial charge in [-0.05, 0) is 54.4 Å². The molecule has 1 aromatic heterocycles. The van der Waals surface area contributed by atoms with Crippen LogP contribution in [0, 0.1) is 6.92 Å². The monoisotopic (exact) mass is 434 g/mol. The zero-order valence-electron chi connectivity index (χ0n) is 18.1. The molecule has 1 unspecified atom stereocenters. The van der Waals surface area contributed by atoms with E-state index in [1.54, 1.807) is 17.0 Å². The Hall–Kier alpha value is -4.38. The van der Waals surface area contributed by atoms with Gasteiger partial charge in [0.15, 0.2) is 5.76 Å². The van der Waals surface area contributed by atoms with Crippen LogP contribution in [-0.2, 0) is 4.79 Å². The number of furan rings is 1. The fourth-order valence-electron chi connectivity index (χ4n) is 4.19. The van der Waals surface area contributed by atoms with Crippen LogP contribution >= 0.6 is 0 Å². The molecule has 0 bridgehead atoms. The number of Topliss-reactive ketones (excluding diaryl/α,β-unsaturated/α-hetero) is 1. The molecule has 0 saturated heterocycles. The number of hydrogen-bond acceptors (Lipinski definition) is 4. The fourth-order valence-corrected chi connectivity index (χ4v) is 4.19. The van der Waals surface area contributed by atoms with Crippen molar-refractivity contribution in [2.45, 2.75) is 13.0 Å². The van der Waals surface area contributed by atoms with Gasteiger partial charge >= 0.3 is 0 Å². The molecule has 33 heavy (non-hydrogen) atoms. The predicted octanol–water partition coefficient (Wildman–Crippen LogP) is 5.93. The molecule has 1 atom stereocenters. The average molecular weight is 434 g/mol. The zero-order valence-corrected chi connectivity index (χ0v) is 18.1. The second kappa shape index (κ2) is 8.63. The van der Waals surface area contributed by atoms with E-state index < -0.39 is 6.04 Å². The van der Waals surface area contributed by atoms with Gasteiger partial charge in [-0.1, -0.05) is 60.7 Å². The summed E-state index contributed by atoms with van der Waals surface area (Å²) in [5.41, 5.74) is 3.94. The third kappa shape index (κ3) is 3.85. The van der Waals surface area contributed by atoms with Crippen LogP contribution < -0.4 is 10.2 Å². The van der Waals surface area contributed by atoms with Crippen molar-refractivity contribution < 1.29 is 14.0 Å². The summed E-state index contributed by atoms with van der Waals surface area (Å²) in [6, 6.07) is 29.4. The van der Waals surface area contributed by atoms with Crippen molar-refractivity contribution in [1.82, 2.24) is 0 Å². The van der Waals surface area contributed by atoms with Gasteiger partial charge in [-0.2, -0.15) is 0 Å². The smallest absolute Gasteiger partial charge is 0.276 e. The van der Waals surface area contributed by atoms with Crippen molar-refractivity contribution in [3.8, 4) is 0 Å². The summed E-state index contributed by atoms with van der Waals surface area (Å²) in [5.74, 6) is -0.403. The van der Waals surface area contributed by atoms with Crippen LogP contribution in [-0.4, -0.2) is 11.7 Å². The number of benzene rings is 3. The van der Waals surface area contributed by atoms with Crippen LogP contribution in [0.3, 0.4) is 0 Å². The molecular weight excluding hydrogens is 412 g/mol. The van der Waals surface area contributed by atoms with E-state index in [0.717, 1.165) is 16.8 Å². The van der Waals surface area contributed by atoms with E-state index in [9.17, 15) is 9.59 Å². The highest BCUT2D eigenvalue weighted by Crippen LogP contribution is 2.42. The first-order valence-corrected chi connectivity index (χ1v) is 10.7. The first-order chi connectivity index (χ1) is 16.1. The van der Waals surface area contributed by atoms with Crippen molar-refractivity contribution in [1.29, 1.82) is 0 Å². The minimum Gasteiger partial charge on any atom is -0.461 e. The molecule has 1 aliphatic rings. The summed E-state index contributed by atoms with van der Waals surface area (Å²) >= 11 is 0. The van der Waals surface area contributed by atoms with Gasteiger partial charge in [0.25, 0.3) is 5.91 Å². The highest BCUT2D eigenvalue weighted by molar-refractivity contribution is 6.22. The van der Waals surface area contributed by atoms with Crippen molar-refractivity contribution in [3.05, 3.63) is 131 Å². The molecule has 5 heteroatoms. The lowest BCUT2D eigenvalue weighted by atomic mass is 9.94. The molecule has 162 valence electrons. The van der Waals surface area contributed by atoms with Crippen molar-refractivity contribution in [2.75, 3.05) is 10.2 Å². The molecule has 5 rings (SSSR count). The number of ketones is 1. The topological polar surface area (TPSA) is 62.6 Å². The number of carbonyl (C=O) groups excluding carboxylic acids is 2. The lowest BCUT2D eigenvalue weighted by molar-refractivity contribution is -0.114. The second-order valence-corrected chi connectivity index (χ2v) is 7.91. The molecule has 3 aromatic carbocycles. The minimum atomic E-state index is -0.606. The van der Waals surface area contributed by atoms with Crippen molar-refractivity contribution >= 4 is 23.1 Å². The number of amides is 1. The van der Waals surface area contributed by atoms with Crippen LogP contribution in [0.1, 0.15) is 27.7 Å². The molecular formula is C28H22N2O3. The Morgan fingerprint density at radius 3 is 2.27 bits per heavy atom. The Labute approximate surface area is 192 Å². The summed E-state index contributed by atoms with van der Waals surface area (Å²) in [7, 11) is 0. The molecule has 5 nitrogen and oxygen atoms in total. The van der Waals surface area contributed by atoms with Gasteiger partial charge in [0.2, 0.25) is 5.78 Å². The van der Waals surface area contributed by atoms with Crippen LogP contribution in [0.25, 0.3) is 0 Å². The largest absolute Gasteiger partial charge is 0.461 e.